The Morgan fingerprint density at radius 3 is 2.59 bits per heavy atom. The van der Waals surface area contributed by atoms with E-state index < -0.39 is 27.1 Å². The summed E-state index contributed by atoms with van der Waals surface area (Å²) in [4.78, 5) is 4.25. The van der Waals surface area contributed by atoms with Crippen molar-refractivity contribution in [1.29, 1.82) is 0 Å². The van der Waals surface area contributed by atoms with Crippen LogP contribution in [0, 0.1) is 0 Å². The summed E-state index contributed by atoms with van der Waals surface area (Å²) in [6.45, 7) is 5.64. The molecule has 0 saturated carbocycles. The van der Waals surface area contributed by atoms with Crippen LogP contribution in [0.2, 0.25) is 0 Å². The van der Waals surface area contributed by atoms with E-state index in [0.717, 1.165) is 10.6 Å². The Labute approximate surface area is 156 Å². The summed E-state index contributed by atoms with van der Waals surface area (Å²) in [5.41, 5.74) is 0.0671. The molecule has 10 heteroatoms. The first-order valence-corrected chi connectivity index (χ1v) is 10.5. The highest BCUT2D eigenvalue weighted by Crippen LogP contribution is 2.33. The van der Waals surface area contributed by atoms with Crippen LogP contribution in [-0.2, 0) is 22.6 Å². The van der Waals surface area contributed by atoms with Gasteiger partial charge < -0.3 is 0 Å². The molecule has 150 valence electrons. The maximum atomic E-state index is 13.4. The van der Waals surface area contributed by atoms with E-state index in [-0.39, 0.29) is 18.1 Å². The molecule has 1 atom stereocenters. The van der Waals surface area contributed by atoms with Crippen LogP contribution >= 0.6 is 0 Å². The third-order valence-corrected chi connectivity index (χ3v) is 7.15. The molecule has 0 amide bonds. The molecule has 0 N–H and O–H groups in total. The SMILES string of the molecule is CCc1cc(C(F)(F)F)n2nc([C@H]3CCCN(S(=O)(=O)C(C)C)C3)cc2n1. The van der Waals surface area contributed by atoms with Crippen molar-refractivity contribution in [2.45, 2.75) is 57.4 Å². The fourth-order valence-electron chi connectivity index (χ4n) is 3.34. The summed E-state index contributed by atoms with van der Waals surface area (Å²) in [5, 5.41) is 3.61. The molecule has 1 aliphatic rings. The minimum absolute atomic E-state index is 0.139. The zero-order chi connectivity index (χ0) is 20.0. The molecule has 1 saturated heterocycles. The van der Waals surface area contributed by atoms with Gasteiger partial charge in [-0.2, -0.15) is 18.3 Å². The molecule has 27 heavy (non-hydrogen) atoms. The maximum Gasteiger partial charge on any atom is 0.433 e. The van der Waals surface area contributed by atoms with E-state index in [1.807, 2.05) is 0 Å². The summed E-state index contributed by atoms with van der Waals surface area (Å²) in [6, 6.07) is 2.56. The van der Waals surface area contributed by atoms with Crippen molar-refractivity contribution in [2.24, 2.45) is 0 Å². The molecule has 0 radical (unpaired) electrons. The van der Waals surface area contributed by atoms with E-state index >= 15 is 0 Å². The number of fused-ring (bicyclic) bond motifs is 1. The number of nitrogens with zero attached hydrogens (tertiary/aromatic N) is 4. The van der Waals surface area contributed by atoms with Gasteiger partial charge in [0.15, 0.2) is 5.65 Å². The Bertz CT molecular complexity index is 938. The van der Waals surface area contributed by atoms with E-state index in [9.17, 15) is 21.6 Å². The molecule has 0 aliphatic carbocycles. The molecule has 1 aliphatic heterocycles. The standard InChI is InChI=1S/C17H23F3N4O2S/c1-4-13-8-15(17(18,19)20)24-16(21-13)9-14(22-24)12-6-5-7-23(10-12)27(25,26)11(2)3/h8-9,11-12H,4-7,10H2,1-3H3/t12-/m0/s1. The molecule has 2 aromatic rings. The van der Waals surface area contributed by atoms with Gasteiger partial charge in [-0.05, 0) is 39.2 Å². The third kappa shape index (κ3) is 3.82. The monoisotopic (exact) mass is 404 g/mol. The van der Waals surface area contributed by atoms with Gasteiger partial charge in [0.1, 0.15) is 5.69 Å². The van der Waals surface area contributed by atoms with E-state index in [0.29, 0.717) is 37.2 Å². The summed E-state index contributed by atoms with van der Waals surface area (Å²) in [7, 11) is -3.41. The predicted octanol–water partition coefficient (Wildman–Crippen LogP) is 3.23. The highest BCUT2D eigenvalue weighted by atomic mass is 32.2. The van der Waals surface area contributed by atoms with Gasteiger partial charge in [-0.25, -0.2) is 22.2 Å². The first-order chi connectivity index (χ1) is 12.5. The molecule has 1 fully saturated rings. The van der Waals surface area contributed by atoms with Gasteiger partial charge in [-0.15, -0.1) is 0 Å². The highest BCUT2D eigenvalue weighted by Gasteiger charge is 2.36. The minimum atomic E-state index is -4.55. The highest BCUT2D eigenvalue weighted by molar-refractivity contribution is 7.89. The molecule has 6 nitrogen and oxygen atoms in total. The number of hydrogen-bond acceptors (Lipinski definition) is 4. The number of sulfonamides is 1. The number of aromatic nitrogens is 3. The van der Waals surface area contributed by atoms with Gasteiger partial charge in [0.2, 0.25) is 10.0 Å². The Morgan fingerprint density at radius 2 is 2.00 bits per heavy atom. The molecular formula is C17H23F3N4O2S. The van der Waals surface area contributed by atoms with E-state index in [1.165, 1.54) is 4.31 Å². The summed E-state index contributed by atoms with van der Waals surface area (Å²) < 4.78 is 67.4. The number of alkyl halides is 3. The average Bonchev–Trinajstić information content (AvgIpc) is 3.03. The van der Waals surface area contributed by atoms with Gasteiger partial charge in [-0.1, -0.05) is 6.92 Å². The number of halogens is 3. The lowest BCUT2D eigenvalue weighted by Crippen LogP contribution is -2.42. The molecule has 2 aromatic heterocycles. The van der Waals surface area contributed by atoms with Crippen LogP contribution in [0.4, 0.5) is 13.2 Å². The molecular weight excluding hydrogens is 381 g/mol. The smallest absolute Gasteiger partial charge is 0.234 e. The molecule has 3 rings (SSSR count). The number of piperidine rings is 1. The topological polar surface area (TPSA) is 67.6 Å². The largest absolute Gasteiger partial charge is 0.433 e. The Hall–Kier alpha value is -1.68. The van der Waals surface area contributed by atoms with Crippen LogP contribution in [0.15, 0.2) is 12.1 Å². The third-order valence-electron chi connectivity index (χ3n) is 4.91. The van der Waals surface area contributed by atoms with Gasteiger partial charge in [0.25, 0.3) is 0 Å². The second-order valence-corrected chi connectivity index (χ2v) is 9.60. The van der Waals surface area contributed by atoms with Crippen molar-refractivity contribution in [3.8, 4) is 0 Å². The van der Waals surface area contributed by atoms with E-state index in [4.69, 9.17) is 0 Å². The summed E-state index contributed by atoms with van der Waals surface area (Å²) >= 11 is 0. The fraction of sp³-hybridized carbons (Fsp3) is 0.647. The van der Waals surface area contributed by atoms with Gasteiger partial charge in [-0.3, -0.25) is 0 Å². The van der Waals surface area contributed by atoms with Crippen molar-refractivity contribution in [3.05, 3.63) is 29.2 Å². The van der Waals surface area contributed by atoms with Crippen LogP contribution < -0.4 is 0 Å². The predicted molar refractivity (Wildman–Crippen MR) is 95.0 cm³/mol. The normalized spacial score (nSPS) is 19.9. The lowest BCUT2D eigenvalue weighted by atomic mass is 9.96. The van der Waals surface area contributed by atoms with Crippen molar-refractivity contribution in [3.63, 3.8) is 0 Å². The average molecular weight is 404 g/mol. The van der Waals surface area contributed by atoms with E-state index in [1.54, 1.807) is 26.8 Å². The van der Waals surface area contributed by atoms with E-state index in [2.05, 4.69) is 10.1 Å². The van der Waals surface area contributed by atoms with Crippen LogP contribution in [-0.4, -0.2) is 45.7 Å². The first-order valence-electron chi connectivity index (χ1n) is 8.99. The van der Waals surface area contributed by atoms with Crippen LogP contribution in [0.1, 0.15) is 56.6 Å². The second-order valence-electron chi connectivity index (χ2n) is 7.11. The van der Waals surface area contributed by atoms with Crippen LogP contribution in [0.3, 0.4) is 0 Å². The van der Waals surface area contributed by atoms with Gasteiger partial charge in [0, 0.05) is 30.8 Å². The minimum Gasteiger partial charge on any atom is -0.234 e. The summed E-state index contributed by atoms with van der Waals surface area (Å²) in [6.07, 6.45) is -2.85. The van der Waals surface area contributed by atoms with Crippen LogP contribution in [0.5, 0.6) is 0 Å². The van der Waals surface area contributed by atoms with Gasteiger partial charge >= 0.3 is 6.18 Å². The lowest BCUT2D eigenvalue weighted by molar-refractivity contribution is -0.142. The van der Waals surface area contributed by atoms with Crippen molar-refractivity contribution >= 4 is 15.7 Å². The molecule has 0 spiro atoms. The number of rotatable bonds is 4. The number of aryl methyl sites for hydroxylation is 1. The Morgan fingerprint density at radius 1 is 1.30 bits per heavy atom. The van der Waals surface area contributed by atoms with Crippen molar-refractivity contribution < 1.29 is 21.6 Å². The molecule has 0 aromatic carbocycles. The Balaban J connectivity index is 2.00. The maximum absolute atomic E-state index is 13.4. The number of hydrogen-bond donors (Lipinski definition) is 0. The van der Waals surface area contributed by atoms with Crippen molar-refractivity contribution in [1.82, 2.24) is 18.9 Å². The first kappa shape index (κ1) is 20.1. The quantitative estimate of drug-likeness (QED) is 0.785. The lowest BCUT2D eigenvalue weighted by Gasteiger charge is -2.32. The molecule has 0 bridgehead atoms. The molecule has 0 unspecified atom stereocenters. The van der Waals surface area contributed by atoms with Crippen LogP contribution in [0.25, 0.3) is 5.65 Å². The molecule has 3 heterocycles. The van der Waals surface area contributed by atoms with Gasteiger partial charge in [0.05, 0.1) is 10.9 Å². The Kier molecular flexibility index (Phi) is 5.24. The zero-order valence-corrected chi connectivity index (χ0v) is 16.3. The fourth-order valence-corrected chi connectivity index (χ4v) is 4.71. The zero-order valence-electron chi connectivity index (χ0n) is 15.5. The second kappa shape index (κ2) is 7.05. The summed E-state index contributed by atoms with van der Waals surface area (Å²) in [5.74, 6) is -0.250. The van der Waals surface area contributed by atoms with Crippen molar-refractivity contribution in [2.75, 3.05) is 13.1 Å².